The molecule has 132 valence electrons. The predicted octanol–water partition coefficient (Wildman–Crippen LogP) is 3.56. The van der Waals surface area contributed by atoms with Gasteiger partial charge in [-0.25, -0.2) is 0 Å². The SMILES string of the molecule is O=C(CN1CCN(C(=O)c2cccs2)CC1)Nc1ccc(Br)cc1Cl. The summed E-state index contributed by atoms with van der Waals surface area (Å²) in [7, 11) is 0. The molecule has 0 radical (unpaired) electrons. The number of carbonyl (C=O) groups is 2. The molecule has 0 bridgehead atoms. The summed E-state index contributed by atoms with van der Waals surface area (Å²) in [5.41, 5.74) is 0.598. The third-order valence-electron chi connectivity index (χ3n) is 3.96. The number of amides is 2. The number of nitrogens with one attached hydrogen (secondary N) is 1. The van der Waals surface area contributed by atoms with Crippen molar-refractivity contribution in [3.63, 3.8) is 0 Å². The normalized spacial score (nSPS) is 15.2. The van der Waals surface area contributed by atoms with E-state index in [1.54, 1.807) is 12.1 Å². The largest absolute Gasteiger partial charge is 0.335 e. The van der Waals surface area contributed by atoms with Gasteiger partial charge in [-0.05, 0) is 29.6 Å². The Balaban J connectivity index is 1.48. The second-order valence-corrected chi connectivity index (χ2v) is 7.99. The van der Waals surface area contributed by atoms with Crippen molar-refractivity contribution in [2.24, 2.45) is 0 Å². The Morgan fingerprint density at radius 1 is 1.20 bits per heavy atom. The number of rotatable bonds is 4. The zero-order valence-corrected chi connectivity index (χ0v) is 16.5. The van der Waals surface area contributed by atoms with Gasteiger partial charge in [-0.3, -0.25) is 14.5 Å². The maximum absolute atomic E-state index is 12.3. The summed E-state index contributed by atoms with van der Waals surface area (Å²) in [5.74, 6) is -0.0389. The van der Waals surface area contributed by atoms with Crippen LogP contribution in [0.2, 0.25) is 5.02 Å². The third-order valence-corrected chi connectivity index (χ3v) is 5.63. The van der Waals surface area contributed by atoms with Gasteiger partial charge in [0.25, 0.3) is 5.91 Å². The van der Waals surface area contributed by atoms with Crippen LogP contribution in [0.1, 0.15) is 9.67 Å². The van der Waals surface area contributed by atoms with Crippen LogP contribution in [-0.4, -0.2) is 54.3 Å². The highest BCUT2D eigenvalue weighted by atomic mass is 79.9. The second-order valence-electron chi connectivity index (χ2n) is 5.72. The summed E-state index contributed by atoms with van der Waals surface area (Å²) in [6.45, 7) is 2.90. The van der Waals surface area contributed by atoms with Crippen LogP contribution in [0.25, 0.3) is 0 Å². The van der Waals surface area contributed by atoms with Crippen molar-refractivity contribution in [2.75, 3.05) is 38.0 Å². The molecule has 0 unspecified atom stereocenters. The molecule has 25 heavy (non-hydrogen) atoms. The van der Waals surface area contributed by atoms with Crippen LogP contribution >= 0.6 is 38.9 Å². The van der Waals surface area contributed by atoms with Gasteiger partial charge < -0.3 is 10.2 Å². The highest BCUT2D eigenvalue weighted by Gasteiger charge is 2.23. The molecule has 0 aliphatic carbocycles. The number of nitrogens with zero attached hydrogens (tertiary/aromatic N) is 2. The molecule has 8 heteroatoms. The summed E-state index contributed by atoms with van der Waals surface area (Å²) in [6, 6.07) is 9.06. The predicted molar refractivity (Wildman–Crippen MR) is 104 cm³/mol. The first-order valence-electron chi connectivity index (χ1n) is 7.83. The molecule has 1 saturated heterocycles. The number of anilines is 1. The molecule has 2 amide bonds. The average Bonchev–Trinajstić information content (AvgIpc) is 3.12. The molecule has 1 N–H and O–H groups in total. The van der Waals surface area contributed by atoms with E-state index in [1.165, 1.54) is 11.3 Å². The number of halogens is 2. The van der Waals surface area contributed by atoms with Crippen LogP contribution < -0.4 is 5.32 Å². The quantitative estimate of drug-likeness (QED) is 0.788. The molecule has 1 aliphatic heterocycles. The fourth-order valence-corrected chi connectivity index (χ4v) is 4.06. The molecule has 0 atom stereocenters. The zero-order valence-electron chi connectivity index (χ0n) is 13.4. The number of hydrogen-bond acceptors (Lipinski definition) is 4. The topological polar surface area (TPSA) is 52.7 Å². The zero-order chi connectivity index (χ0) is 17.8. The fourth-order valence-electron chi connectivity index (χ4n) is 2.65. The van der Waals surface area contributed by atoms with Gasteiger partial charge in [-0.1, -0.05) is 33.6 Å². The minimum atomic E-state index is -0.109. The summed E-state index contributed by atoms with van der Waals surface area (Å²) in [4.78, 5) is 29.2. The highest BCUT2D eigenvalue weighted by molar-refractivity contribution is 9.10. The summed E-state index contributed by atoms with van der Waals surface area (Å²) in [5, 5.41) is 5.23. The van der Waals surface area contributed by atoms with Crippen molar-refractivity contribution in [1.29, 1.82) is 0 Å². The van der Waals surface area contributed by atoms with Gasteiger partial charge in [0.1, 0.15) is 0 Å². The van der Waals surface area contributed by atoms with E-state index in [9.17, 15) is 9.59 Å². The van der Waals surface area contributed by atoms with Crippen LogP contribution in [0.15, 0.2) is 40.2 Å². The maximum atomic E-state index is 12.3. The first-order chi connectivity index (χ1) is 12.0. The molecule has 1 fully saturated rings. The van der Waals surface area contributed by atoms with Crippen LogP contribution in [0, 0.1) is 0 Å². The molecule has 5 nitrogen and oxygen atoms in total. The molecular formula is C17H17BrClN3O2S. The molecule has 2 heterocycles. The van der Waals surface area contributed by atoms with Crippen LogP contribution in [0.3, 0.4) is 0 Å². The Labute approximate surface area is 163 Å². The van der Waals surface area contributed by atoms with Crippen molar-refractivity contribution in [3.05, 3.63) is 50.1 Å². The second kappa shape index (κ2) is 8.31. The molecule has 1 aromatic carbocycles. The van der Waals surface area contributed by atoms with Crippen LogP contribution in [-0.2, 0) is 4.79 Å². The van der Waals surface area contributed by atoms with E-state index in [0.717, 1.165) is 9.35 Å². The van der Waals surface area contributed by atoms with Crippen molar-refractivity contribution >= 4 is 56.4 Å². The molecule has 0 spiro atoms. The maximum Gasteiger partial charge on any atom is 0.264 e. The Bertz CT molecular complexity index is 761. The van der Waals surface area contributed by atoms with E-state index in [2.05, 4.69) is 21.2 Å². The smallest absolute Gasteiger partial charge is 0.264 e. The molecule has 3 rings (SSSR count). The number of benzene rings is 1. The lowest BCUT2D eigenvalue weighted by Gasteiger charge is -2.34. The van der Waals surface area contributed by atoms with Crippen molar-refractivity contribution < 1.29 is 9.59 Å². The molecule has 0 saturated carbocycles. The number of carbonyl (C=O) groups excluding carboxylic acids is 2. The lowest BCUT2D eigenvalue weighted by Crippen LogP contribution is -2.50. The first-order valence-corrected chi connectivity index (χ1v) is 9.88. The van der Waals surface area contributed by atoms with Gasteiger partial charge >= 0.3 is 0 Å². The molecule has 1 aromatic heterocycles. The minimum Gasteiger partial charge on any atom is -0.335 e. The first kappa shape index (κ1) is 18.4. The van der Waals surface area contributed by atoms with Gasteiger partial charge in [0.05, 0.1) is 22.1 Å². The lowest BCUT2D eigenvalue weighted by atomic mass is 10.2. The van der Waals surface area contributed by atoms with Crippen molar-refractivity contribution in [1.82, 2.24) is 9.80 Å². The Hall–Kier alpha value is -1.41. The van der Waals surface area contributed by atoms with Crippen LogP contribution in [0.4, 0.5) is 5.69 Å². The van der Waals surface area contributed by atoms with E-state index >= 15 is 0 Å². The summed E-state index contributed by atoms with van der Waals surface area (Å²) < 4.78 is 0.863. The van der Waals surface area contributed by atoms with E-state index in [4.69, 9.17) is 11.6 Å². The Morgan fingerprint density at radius 2 is 1.96 bits per heavy atom. The summed E-state index contributed by atoms with van der Waals surface area (Å²) >= 11 is 10.9. The van der Waals surface area contributed by atoms with Gasteiger partial charge in [0.15, 0.2) is 0 Å². The standard InChI is InChI=1S/C17H17BrClN3O2S/c18-12-3-4-14(13(19)10-12)20-16(23)11-21-5-7-22(8-6-21)17(24)15-2-1-9-25-15/h1-4,9-10H,5-8,11H2,(H,20,23). The Morgan fingerprint density at radius 3 is 2.60 bits per heavy atom. The number of piperazine rings is 1. The molecule has 1 aliphatic rings. The third kappa shape index (κ3) is 4.82. The molecular weight excluding hydrogens is 426 g/mol. The number of hydrogen-bond donors (Lipinski definition) is 1. The monoisotopic (exact) mass is 441 g/mol. The Kier molecular flexibility index (Phi) is 6.11. The van der Waals surface area contributed by atoms with Gasteiger partial charge in [0, 0.05) is 30.7 Å². The van der Waals surface area contributed by atoms with E-state index in [-0.39, 0.29) is 18.4 Å². The lowest BCUT2D eigenvalue weighted by molar-refractivity contribution is -0.117. The van der Waals surface area contributed by atoms with E-state index < -0.39 is 0 Å². The van der Waals surface area contributed by atoms with Crippen molar-refractivity contribution in [3.8, 4) is 0 Å². The van der Waals surface area contributed by atoms with Gasteiger partial charge in [0.2, 0.25) is 5.91 Å². The van der Waals surface area contributed by atoms with Gasteiger partial charge in [-0.15, -0.1) is 11.3 Å². The van der Waals surface area contributed by atoms with Gasteiger partial charge in [-0.2, -0.15) is 0 Å². The average molecular weight is 443 g/mol. The minimum absolute atomic E-state index is 0.0701. The fraction of sp³-hybridized carbons (Fsp3) is 0.294. The number of thiophene rings is 1. The highest BCUT2D eigenvalue weighted by Crippen LogP contribution is 2.25. The van der Waals surface area contributed by atoms with E-state index in [1.807, 2.05) is 33.4 Å². The van der Waals surface area contributed by atoms with Crippen LogP contribution in [0.5, 0.6) is 0 Å². The van der Waals surface area contributed by atoms with Crippen molar-refractivity contribution in [2.45, 2.75) is 0 Å². The molecule has 2 aromatic rings. The summed E-state index contributed by atoms with van der Waals surface area (Å²) in [6.07, 6.45) is 0. The van der Waals surface area contributed by atoms with E-state index in [0.29, 0.717) is 36.9 Å².